The van der Waals surface area contributed by atoms with Gasteiger partial charge in [0.05, 0.1) is 18.8 Å². The van der Waals surface area contributed by atoms with Crippen molar-refractivity contribution >= 4 is 17.7 Å². The summed E-state index contributed by atoms with van der Waals surface area (Å²) >= 11 is 0. The van der Waals surface area contributed by atoms with Crippen LogP contribution >= 0.6 is 0 Å². The Kier molecular flexibility index (Phi) is 6.24. The zero-order valence-electron chi connectivity index (χ0n) is 15.7. The van der Waals surface area contributed by atoms with Gasteiger partial charge in [-0.3, -0.25) is 4.79 Å². The topological polar surface area (TPSA) is 41.6 Å². The fourth-order valence-electron chi connectivity index (χ4n) is 3.16. The summed E-state index contributed by atoms with van der Waals surface area (Å²) in [5.74, 6) is -0.599. The third kappa shape index (κ3) is 5.17. The van der Waals surface area contributed by atoms with E-state index in [4.69, 9.17) is 4.74 Å². The first-order valence-corrected chi connectivity index (χ1v) is 9.22. The molecule has 0 aromatic heterocycles. The SMILES string of the molecule is CC1CN(c2cccc(C(C)NC(=O)C=Cc3ccccc3F)c2)CCO1. The molecule has 1 aliphatic rings. The smallest absolute Gasteiger partial charge is 0.244 e. The van der Waals surface area contributed by atoms with Gasteiger partial charge in [0.15, 0.2) is 0 Å². The number of amides is 1. The molecule has 2 aromatic rings. The van der Waals surface area contributed by atoms with Crippen LogP contribution in [0.3, 0.4) is 0 Å². The average Bonchev–Trinajstić information content (AvgIpc) is 2.67. The van der Waals surface area contributed by atoms with Crippen molar-refractivity contribution in [2.75, 3.05) is 24.6 Å². The van der Waals surface area contributed by atoms with Gasteiger partial charge in [0.25, 0.3) is 0 Å². The first-order valence-electron chi connectivity index (χ1n) is 9.22. The van der Waals surface area contributed by atoms with Crippen molar-refractivity contribution in [3.8, 4) is 0 Å². The van der Waals surface area contributed by atoms with Crippen LogP contribution in [0.5, 0.6) is 0 Å². The van der Waals surface area contributed by atoms with Crippen molar-refractivity contribution in [2.45, 2.75) is 26.0 Å². The van der Waals surface area contributed by atoms with Gasteiger partial charge >= 0.3 is 0 Å². The molecule has 4 nitrogen and oxygen atoms in total. The van der Waals surface area contributed by atoms with E-state index >= 15 is 0 Å². The van der Waals surface area contributed by atoms with Crippen LogP contribution in [0.2, 0.25) is 0 Å². The molecule has 2 unspecified atom stereocenters. The van der Waals surface area contributed by atoms with Gasteiger partial charge in [-0.25, -0.2) is 4.39 Å². The van der Waals surface area contributed by atoms with Gasteiger partial charge in [0, 0.05) is 30.4 Å². The molecular weight excluding hydrogens is 343 g/mol. The first-order chi connectivity index (χ1) is 13.0. The number of benzene rings is 2. The summed E-state index contributed by atoms with van der Waals surface area (Å²) < 4.78 is 19.2. The molecule has 0 bridgehead atoms. The summed E-state index contributed by atoms with van der Waals surface area (Å²) in [6.07, 6.45) is 3.06. The molecule has 1 amide bonds. The van der Waals surface area contributed by atoms with Gasteiger partial charge < -0.3 is 15.0 Å². The number of nitrogens with one attached hydrogen (secondary N) is 1. The van der Waals surface area contributed by atoms with Crippen molar-refractivity contribution in [3.63, 3.8) is 0 Å². The summed E-state index contributed by atoms with van der Waals surface area (Å²) in [5, 5.41) is 2.93. The van der Waals surface area contributed by atoms with Crippen LogP contribution in [-0.4, -0.2) is 31.7 Å². The Bertz CT molecular complexity index is 821. The fourth-order valence-corrected chi connectivity index (χ4v) is 3.16. The highest BCUT2D eigenvalue weighted by atomic mass is 19.1. The maximum absolute atomic E-state index is 13.6. The molecule has 2 aromatic carbocycles. The van der Waals surface area contributed by atoms with Crippen LogP contribution in [0.1, 0.15) is 31.0 Å². The monoisotopic (exact) mass is 368 g/mol. The van der Waals surface area contributed by atoms with Crippen LogP contribution in [0.15, 0.2) is 54.6 Å². The third-order valence-electron chi connectivity index (χ3n) is 4.65. The molecule has 1 fully saturated rings. The van der Waals surface area contributed by atoms with Crippen LogP contribution in [-0.2, 0) is 9.53 Å². The molecule has 1 N–H and O–H groups in total. The van der Waals surface area contributed by atoms with E-state index in [0.29, 0.717) is 5.56 Å². The standard InChI is InChI=1S/C22H25FN2O2/c1-16-15-25(12-13-27-16)20-8-5-7-19(14-20)17(2)24-22(26)11-10-18-6-3-4-9-21(18)23/h3-11,14,16-17H,12-13,15H2,1-2H3,(H,24,26). The quantitative estimate of drug-likeness (QED) is 0.813. The Morgan fingerprint density at radius 1 is 1.30 bits per heavy atom. The van der Waals surface area contributed by atoms with Gasteiger partial charge in [-0.15, -0.1) is 0 Å². The molecule has 1 aliphatic heterocycles. The number of carbonyl (C=O) groups excluding carboxylic acids is 1. The minimum atomic E-state index is -0.345. The lowest BCUT2D eigenvalue weighted by molar-refractivity contribution is -0.117. The highest BCUT2D eigenvalue weighted by Gasteiger charge is 2.18. The number of ether oxygens (including phenoxy) is 1. The van der Waals surface area contributed by atoms with E-state index in [2.05, 4.69) is 29.3 Å². The molecule has 0 spiro atoms. The van der Waals surface area contributed by atoms with E-state index in [1.165, 1.54) is 18.2 Å². The molecule has 2 atom stereocenters. The Morgan fingerprint density at radius 3 is 2.89 bits per heavy atom. The Balaban J connectivity index is 1.63. The maximum atomic E-state index is 13.6. The van der Waals surface area contributed by atoms with Gasteiger partial charge in [-0.1, -0.05) is 30.3 Å². The number of carbonyl (C=O) groups is 1. The number of nitrogens with zero attached hydrogens (tertiary/aromatic N) is 1. The normalized spacial score (nSPS) is 18.5. The highest BCUT2D eigenvalue weighted by Crippen LogP contribution is 2.22. The van der Waals surface area contributed by atoms with Gasteiger partial charge in [0.1, 0.15) is 5.82 Å². The molecule has 3 rings (SSSR count). The lowest BCUT2D eigenvalue weighted by Crippen LogP contribution is -2.41. The lowest BCUT2D eigenvalue weighted by Gasteiger charge is -2.33. The van der Waals surface area contributed by atoms with Gasteiger partial charge in [-0.2, -0.15) is 0 Å². The summed E-state index contributed by atoms with van der Waals surface area (Å²) in [7, 11) is 0. The van der Waals surface area contributed by atoms with Gasteiger partial charge in [0.2, 0.25) is 5.91 Å². The number of hydrogen-bond acceptors (Lipinski definition) is 3. The van der Waals surface area contributed by atoms with Crippen LogP contribution in [0.4, 0.5) is 10.1 Å². The van der Waals surface area contributed by atoms with E-state index in [1.807, 2.05) is 19.1 Å². The third-order valence-corrected chi connectivity index (χ3v) is 4.65. The molecule has 27 heavy (non-hydrogen) atoms. The van der Waals surface area contributed by atoms with Crippen LogP contribution < -0.4 is 10.2 Å². The average molecular weight is 368 g/mol. The van der Waals surface area contributed by atoms with Crippen LogP contribution in [0, 0.1) is 5.82 Å². The number of rotatable bonds is 5. The lowest BCUT2D eigenvalue weighted by atomic mass is 10.1. The molecule has 1 saturated heterocycles. The van der Waals surface area contributed by atoms with Crippen molar-refractivity contribution in [1.82, 2.24) is 5.32 Å². The number of hydrogen-bond donors (Lipinski definition) is 1. The summed E-state index contributed by atoms with van der Waals surface area (Å²) in [6.45, 7) is 6.45. The summed E-state index contributed by atoms with van der Waals surface area (Å²) in [6, 6.07) is 14.4. The van der Waals surface area contributed by atoms with Crippen molar-refractivity contribution in [2.24, 2.45) is 0 Å². The number of halogens is 1. The molecule has 142 valence electrons. The van der Waals surface area contributed by atoms with E-state index in [0.717, 1.165) is 30.9 Å². The second-order valence-corrected chi connectivity index (χ2v) is 6.81. The number of anilines is 1. The van der Waals surface area contributed by atoms with E-state index in [-0.39, 0.29) is 23.9 Å². The second kappa shape index (κ2) is 8.82. The second-order valence-electron chi connectivity index (χ2n) is 6.81. The van der Waals surface area contributed by atoms with Crippen molar-refractivity contribution in [1.29, 1.82) is 0 Å². The summed E-state index contributed by atoms with van der Waals surface area (Å²) in [4.78, 5) is 14.5. The summed E-state index contributed by atoms with van der Waals surface area (Å²) in [5.41, 5.74) is 2.55. The van der Waals surface area contributed by atoms with E-state index < -0.39 is 0 Å². The molecular formula is C22H25FN2O2. The van der Waals surface area contributed by atoms with Crippen molar-refractivity contribution < 1.29 is 13.9 Å². The predicted octanol–water partition coefficient (Wildman–Crippen LogP) is 3.94. The minimum Gasteiger partial charge on any atom is -0.375 e. The van der Waals surface area contributed by atoms with E-state index in [9.17, 15) is 9.18 Å². The number of morpholine rings is 1. The molecule has 5 heteroatoms. The highest BCUT2D eigenvalue weighted by molar-refractivity contribution is 5.92. The van der Waals surface area contributed by atoms with Gasteiger partial charge in [-0.05, 0) is 43.7 Å². The molecule has 1 heterocycles. The fraction of sp³-hybridized carbons (Fsp3) is 0.318. The largest absolute Gasteiger partial charge is 0.375 e. The molecule has 0 radical (unpaired) electrons. The molecule has 0 saturated carbocycles. The Morgan fingerprint density at radius 2 is 2.11 bits per heavy atom. The van der Waals surface area contributed by atoms with Crippen molar-refractivity contribution in [3.05, 3.63) is 71.6 Å². The Hall–Kier alpha value is -2.66. The van der Waals surface area contributed by atoms with E-state index in [1.54, 1.807) is 18.2 Å². The first kappa shape index (κ1) is 19.1. The zero-order valence-corrected chi connectivity index (χ0v) is 15.7. The molecule has 0 aliphatic carbocycles. The Labute approximate surface area is 159 Å². The minimum absolute atomic E-state index is 0.152. The zero-order chi connectivity index (χ0) is 19.2. The maximum Gasteiger partial charge on any atom is 0.244 e. The van der Waals surface area contributed by atoms with Crippen LogP contribution in [0.25, 0.3) is 6.08 Å². The predicted molar refractivity (Wildman–Crippen MR) is 106 cm³/mol.